The molecule has 1 heterocycles. The molecule has 0 aromatic rings. The number of guanidine groups is 1. The normalized spacial score (nSPS) is 36.1. The van der Waals surface area contributed by atoms with Crippen LogP contribution in [0.15, 0.2) is 4.99 Å². The average Bonchev–Trinajstić information content (AvgIpc) is 2.56. The minimum absolute atomic E-state index is 0.0210. The molecule has 2 unspecified atom stereocenters. The first-order chi connectivity index (χ1) is 6.10. The van der Waals surface area contributed by atoms with E-state index in [1.165, 1.54) is 0 Å². The van der Waals surface area contributed by atoms with Gasteiger partial charge in [-0.1, -0.05) is 13.8 Å². The van der Waals surface area contributed by atoms with Gasteiger partial charge in [-0.2, -0.15) is 0 Å². The third-order valence-electron chi connectivity index (χ3n) is 3.20. The number of hydrogen-bond donors (Lipinski definition) is 3. The summed E-state index contributed by atoms with van der Waals surface area (Å²) >= 11 is 0. The van der Waals surface area contributed by atoms with E-state index in [1.807, 2.05) is 0 Å². The second-order valence-corrected chi connectivity index (χ2v) is 4.43. The second-order valence-electron chi connectivity index (χ2n) is 4.43. The van der Waals surface area contributed by atoms with Crippen molar-refractivity contribution in [3.8, 4) is 0 Å². The minimum atomic E-state index is -0.174. The van der Waals surface area contributed by atoms with E-state index in [4.69, 9.17) is 0 Å². The number of rotatable bonds is 1. The molecule has 1 saturated carbocycles. The Bertz CT molecular complexity index is 237. The molecule has 0 saturated heterocycles. The quantitative estimate of drug-likeness (QED) is 0.523. The van der Waals surface area contributed by atoms with Gasteiger partial charge in [-0.15, -0.1) is 0 Å². The van der Waals surface area contributed by atoms with E-state index in [0.29, 0.717) is 6.04 Å². The van der Waals surface area contributed by atoms with Crippen molar-refractivity contribution in [1.82, 2.24) is 10.6 Å². The average molecular weight is 183 g/mol. The van der Waals surface area contributed by atoms with Crippen LogP contribution in [0, 0.1) is 5.41 Å². The third kappa shape index (κ3) is 1.39. The zero-order chi connectivity index (χ0) is 9.47. The first kappa shape index (κ1) is 8.81. The van der Waals surface area contributed by atoms with Gasteiger partial charge >= 0.3 is 0 Å². The molecule has 0 radical (unpaired) electrons. The summed E-state index contributed by atoms with van der Waals surface area (Å²) in [6.07, 6.45) is 0.653. The molecule has 4 nitrogen and oxygen atoms in total. The standard InChI is InChI=1S/C9H17N3O/c1-9(2)6(5-7(9)13)12-8-10-3-4-11-8/h6-7,13H,3-5H2,1-2H3,(H2,10,11,12). The van der Waals surface area contributed by atoms with Gasteiger partial charge < -0.3 is 15.7 Å². The van der Waals surface area contributed by atoms with Gasteiger partial charge in [0.05, 0.1) is 12.6 Å². The topological polar surface area (TPSA) is 56.6 Å². The summed E-state index contributed by atoms with van der Waals surface area (Å²) in [5.41, 5.74) is -0.0210. The van der Waals surface area contributed by atoms with Crippen LogP contribution < -0.4 is 10.6 Å². The lowest BCUT2D eigenvalue weighted by molar-refractivity contribution is -0.0661. The molecule has 1 aliphatic heterocycles. The summed E-state index contributed by atoms with van der Waals surface area (Å²) in [5.74, 6) is 0.893. The molecule has 2 rings (SSSR count). The fourth-order valence-corrected chi connectivity index (χ4v) is 1.81. The smallest absolute Gasteiger partial charge is 0.191 e. The highest BCUT2D eigenvalue weighted by Gasteiger charge is 2.47. The molecular weight excluding hydrogens is 166 g/mol. The van der Waals surface area contributed by atoms with E-state index in [0.717, 1.165) is 25.5 Å². The maximum atomic E-state index is 9.52. The van der Waals surface area contributed by atoms with Crippen molar-refractivity contribution in [2.45, 2.75) is 32.4 Å². The highest BCUT2D eigenvalue weighted by atomic mass is 16.3. The monoisotopic (exact) mass is 183 g/mol. The lowest BCUT2D eigenvalue weighted by atomic mass is 9.64. The predicted molar refractivity (Wildman–Crippen MR) is 51.6 cm³/mol. The number of aliphatic imine (C=N–C) groups is 1. The van der Waals surface area contributed by atoms with Gasteiger partial charge in [0.2, 0.25) is 0 Å². The van der Waals surface area contributed by atoms with Crippen molar-refractivity contribution in [2.24, 2.45) is 10.4 Å². The molecule has 1 fully saturated rings. The van der Waals surface area contributed by atoms with Crippen LogP contribution in [0.25, 0.3) is 0 Å². The molecule has 13 heavy (non-hydrogen) atoms. The first-order valence-electron chi connectivity index (χ1n) is 4.83. The molecule has 4 heteroatoms. The van der Waals surface area contributed by atoms with E-state index >= 15 is 0 Å². The molecule has 0 aromatic heterocycles. The second kappa shape index (κ2) is 2.87. The van der Waals surface area contributed by atoms with Gasteiger partial charge in [-0.3, -0.25) is 4.99 Å². The summed E-state index contributed by atoms with van der Waals surface area (Å²) < 4.78 is 0. The van der Waals surface area contributed by atoms with Crippen LogP contribution in [0.2, 0.25) is 0 Å². The largest absolute Gasteiger partial charge is 0.392 e. The SMILES string of the molecule is CC1(C)C(O)CC1NC1=NCCN1. The molecule has 3 N–H and O–H groups in total. The summed E-state index contributed by atoms with van der Waals surface area (Å²) in [4.78, 5) is 4.26. The Hall–Kier alpha value is -0.770. The fraction of sp³-hybridized carbons (Fsp3) is 0.889. The molecule has 74 valence electrons. The number of aliphatic hydroxyl groups excluding tert-OH is 1. The number of aliphatic hydroxyl groups is 1. The molecule has 0 bridgehead atoms. The van der Waals surface area contributed by atoms with Crippen molar-refractivity contribution < 1.29 is 5.11 Å². The van der Waals surface area contributed by atoms with E-state index in [-0.39, 0.29) is 11.5 Å². The van der Waals surface area contributed by atoms with Gasteiger partial charge in [-0.05, 0) is 6.42 Å². The van der Waals surface area contributed by atoms with Gasteiger partial charge in [-0.25, -0.2) is 0 Å². The van der Waals surface area contributed by atoms with Crippen molar-refractivity contribution >= 4 is 5.96 Å². The lowest BCUT2D eigenvalue weighted by Gasteiger charge is -2.49. The van der Waals surface area contributed by atoms with Crippen LogP contribution in [-0.2, 0) is 0 Å². The van der Waals surface area contributed by atoms with Crippen LogP contribution in [0.5, 0.6) is 0 Å². The molecule has 2 aliphatic rings. The summed E-state index contributed by atoms with van der Waals surface area (Å²) in [6, 6.07) is 0.354. The van der Waals surface area contributed by atoms with E-state index in [9.17, 15) is 5.11 Å². The highest BCUT2D eigenvalue weighted by Crippen LogP contribution is 2.40. The Balaban J connectivity index is 1.90. The molecule has 1 aliphatic carbocycles. The summed E-state index contributed by atoms with van der Waals surface area (Å²) in [6.45, 7) is 5.94. The van der Waals surface area contributed by atoms with Crippen molar-refractivity contribution in [3.05, 3.63) is 0 Å². The Morgan fingerprint density at radius 1 is 1.62 bits per heavy atom. The van der Waals surface area contributed by atoms with E-state index in [1.54, 1.807) is 0 Å². The molecule has 2 atom stereocenters. The maximum Gasteiger partial charge on any atom is 0.191 e. The molecule has 0 spiro atoms. The van der Waals surface area contributed by atoms with Gasteiger partial charge in [0.15, 0.2) is 5.96 Å². The molecule has 0 aromatic carbocycles. The van der Waals surface area contributed by atoms with Gasteiger partial charge in [0.25, 0.3) is 0 Å². The van der Waals surface area contributed by atoms with Crippen LogP contribution in [0.1, 0.15) is 20.3 Å². The maximum absolute atomic E-state index is 9.52. The van der Waals surface area contributed by atoms with Crippen molar-refractivity contribution in [2.75, 3.05) is 13.1 Å². The van der Waals surface area contributed by atoms with E-state index in [2.05, 4.69) is 29.5 Å². The lowest BCUT2D eigenvalue weighted by Crippen LogP contribution is -2.62. The predicted octanol–water partition coefficient (Wildman–Crippen LogP) is -0.305. The molecular formula is C9H17N3O. The number of nitrogens with zero attached hydrogens (tertiary/aromatic N) is 1. The van der Waals surface area contributed by atoms with Crippen LogP contribution in [-0.4, -0.2) is 36.3 Å². The van der Waals surface area contributed by atoms with Gasteiger partial charge in [0, 0.05) is 18.0 Å². The van der Waals surface area contributed by atoms with Crippen molar-refractivity contribution in [3.63, 3.8) is 0 Å². The van der Waals surface area contributed by atoms with E-state index < -0.39 is 0 Å². The summed E-state index contributed by atoms with van der Waals surface area (Å²) in [5, 5.41) is 16.0. The minimum Gasteiger partial charge on any atom is -0.392 e. The van der Waals surface area contributed by atoms with Crippen LogP contribution >= 0.6 is 0 Å². The van der Waals surface area contributed by atoms with Crippen LogP contribution in [0.3, 0.4) is 0 Å². The third-order valence-corrected chi connectivity index (χ3v) is 3.20. The zero-order valence-electron chi connectivity index (χ0n) is 8.17. The Morgan fingerprint density at radius 3 is 2.85 bits per heavy atom. The fourth-order valence-electron chi connectivity index (χ4n) is 1.81. The summed E-state index contributed by atoms with van der Waals surface area (Å²) in [7, 11) is 0. The number of hydrogen-bond acceptors (Lipinski definition) is 4. The highest BCUT2D eigenvalue weighted by molar-refractivity contribution is 5.81. The first-order valence-corrected chi connectivity index (χ1v) is 4.83. The Morgan fingerprint density at radius 2 is 2.38 bits per heavy atom. The Kier molecular flexibility index (Phi) is 1.95. The van der Waals surface area contributed by atoms with Crippen LogP contribution in [0.4, 0.5) is 0 Å². The molecule has 0 amide bonds. The zero-order valence-corrected chi connectivity index (χ0v) is 8.17. The Labute approximate surface area is 78.4 Å². The van der Waals surface area contributed by atoms with Gasteiger partial charge in [0.1, 0.15) is 0 Å². The number of nitrogens with one attached hydrogen (secondary N) is 2. The van der Waals surface area contributed by atoms with Crippen molar-refractivity contribution in [1.29, 1.82) is 0 Å².